The number of rotatable bonds is 6. The highest BCUT2D eigenvalue weighted by molar-refractivity contribution is 7.99. The lowest BCUT2D eigenvalue weighted by molar-refractivity contribution is 0.164. The number of nitrogens with one attached hydrogen (secondary N) is 1. The van der Waals surface area contributed by atoms with Gasteiger partial charge in [-0.05, 0) is 37.4 Å². The molecule has 0 amide bonds. The fourth-order valence-electron chi connectivity index (χ4n) is 2.38. The molecule has 1 aliphatic heterocycles. The molecule has 1 aromatic carbocycles. The van der Waals surface area contributed by atoms with Gasteiger partial charge in [-0.3, -0.25) is 0 Å². The van der Waals surface area contributed by atoms with Crippen LogP contribution in [-0.4, -0.2) is 32.6 Å². The van der Waals surface area contributed by atoms with Crippen molar-refractivity contribution in [2.45, 2.75) is 29.7 Å². The second kappa shape index (κ2) is 6.43. The number of benzene rings is 1. The van der Waals surface area contributed by atoms with Crippen molar-refractivity contribution in [1.82, 2.24) is 5.32 Å². The maximum absolute atomic E-state index is 5.21. The molecule has 0 saturated carbocycles. The second-order valence-corrected chi connectivity index (χ2v) is 5.63. The Morgan fingerprint density at radius 3 is 3.06 bits per heavy atom. The highest BCUT2D eigenvalue weighted by atomic mass is 32.2. The van der Waals surface area contributed by atoms with Crippen LogP contribution in [0.2, 0.25) is 0 Å². The van der Waals surface area contributed by atoms with E-state index in [9.17, 15) is 0 Å². The number of thioether (sulfide) groups is 1. The molecule has 0 spiro atoms. The molecular formula is C14H21NOS. The van der Waals surface area contributed by atoms with Crippen LogP contribution >= 0.6 is 11.8 Å². The molecule has 2 nitrogen and oxygen atoms in total. The van der Waals surface area contributed by atoms with E-state index in [-0.39, 0.29) is 0 Å². The van der Waals surface area contributed by atoms with E-state index < -0.39 is 0 Å². The van der Waals surface area contributed by atoms with Crippen molar-refractivity contribution >= 4 is 11.8 Å². The molecule has 0 bridgehead atoms. The Morgan fingerprint density at radius 2 is 2.29 bits per heavy atom. The molecule has 2 unspecified atom stereocenters. The molecule has 2 rings (SSSR count). The molecule has 1 aliphatic rings. The predicted octanol–water partition coefficient (Wildman–Crippen LogP) is 2.89. The van der Waals surface area contributed by atoms with E-state index in [0.29, 0.717) is 6.04 Å². The smallest absolute Gasteiger partial charge is 0.0615 e. The Bertz CT molecular complexity index is 356. The quantitative estimate of drug-likeness (QED) is 0.840. The van der Waals surface area contributed by atoms with E-state index >= 15 is 0 Å². The highest BCUT2D eigenvalue weighted by Gasteiger charge is 2.23. The van der Waals surface area contributed by atoms with Crippen LogP contribution in [0, 0.1) is 0 Å². The van der Waals surface area contributed by atoms with Crippen LogP contribution in [0.5, 0.6) is 0 Å². The fraction of sp³-hybridized carbons (Fsp3) is 0.571. The van der Waals surface area contributed by atoms with Crippen molar-refractivity contribution in [1.29, 1.82) is 0 Å². The maximum atomic E-state index is 5.21. The van der Waals surface area contributed by atoms with Crippen molar-refractivity contribution in [3.05, 3.63) is 29.8 Å². The zero-order valence-electron chi connectivity index (χ0n) is 10.6. The van der Waals surface area contributed by atoms with Crippen LogP contribution < -0.4 is 5.32 Å². The lowest BCUT2D eigenvalue weighted by Gasteiger charge is -2.17. The van der Waals surface area contributed by atoms with Crippen LogP contribution in [0.4, 0.5) is 0 Å². The zero-order valence-corrected chi connectivity index (χ0v) is 11.4. The first kappa shape index (κ1) is 12.9. The summed E-state index contributed by atoms with van der Waals surface area (Å²) in [6.45, 7) is 0.804. The average Bonchev–Trinajstić information content (AvgIpc) is 2.78. The minimum atomic E-state index is 0.484. The molecular weight excluding hydrogens is 230 g/mol. The minimum Gasteiger partial charge on any atom is -0.383 e. The van der Waals surface area contributed by atoms with Crippen molar-refractivity contribution in [2.75, 3.05) is 26.5 Å². The zero-order chi connectivity index (χ0) is 12.1. The number of fused-ring (bicyclic) bond motifs is 1. The average molecular weight is 251 g/mol. The molecule has 0 fully saturated rings. The normalized spacial score (nSPS) is 20.2. The molecule has 1 N–H and O–H groups in total. The van der Waals surface area contributed by atoms with E-state index in [2.05, 4.69) is 29.6 Å². The third kappa shape index (κ3) is 3.24. The maximum Gasteiger partial charge on any atom is 0.0615 e. The van der Waals surface area contributed by atoms with Crippen molar-refractivity contribution < 1.29 is 4.74 Å². The Labute approximate surface area is 108 Å². The van der Waals surface area contributed by atoms with Gasteiger partial charge in [-0.1, -0.05) is 18.2 Å². The molecule has 0 saturated heterocycles. The van der Waals surface area contributed by atoms with Crippen LogP contribution in [-0.2, 0) is 4.74 Å². The molecule has 0 aliphatic carbocycles. The summed E-state index contributed by atoms with van der Waals surface area (Å²) in [5, 5.41) is 3.32. The topological polar surface area (TPSA) is 21.3 Å². The Hall–Kier alpha value is -0.510. The van der Waals surface area contributed by atoms with Crippen LogP contribution in [0.3, 0.4) is 0 Å². The van der Waals surface area contributed by atoms with Gasteiger partial charge in [0.25, 0.3) is 0 Å². The first-order chi connectivity index (χ1) is 8.35. The minimum absolute atomic E-state index is 0.484. The molecule has 94 valence electrons. The summed E-state index contributed by atoms with van der Waals surface area (Å²) in [7, 11) is 3.78. The van der Waals surface area contributed by atoms with Gasteiger partial charge in [-0.25, -0.2) is 0 Å². The van der Waals surface area contributed by atoms with Gasteiger partial charge in [-0.15, -0.1) is 11.8 Å². The summed E-state index contributed by atoms with van der Waals surface area (Å²) < 4.78 is 5.21. The monoisotopic (exact) mass is 251 g/mol. The van der Waals surface area contributed by atoms with Gasteiger partial charge in [0.05, 0.1) is 6.61 Å². The van der Waals surface area contributed by atoms with E-state index in [1.54, 1.807) is 12.7 Å². The van der Waals surface area contributed by atoms with Gasteiger partial charge in [-0.2, -0.15) is 0 Å². The van der Waals surface area contributed by atoms with Gasteiger partial charge < -0.3 is 10.1 Å². The number of hydrogen-bond donors (Lipinski definition) is 1. The van der Waals surface area contributed by atoms with Gasteiger partial charge in [0.15, 0.2) is 0 Å². The molecule has 1 aromatic rings. The third-order valence-electron chi connectivity index (χ3n) is 3.44. The Kier molecular flexibility index (Phi) is 4.89. The number of ether oxygens (including phenoxy) is 1. The summed E-state index contributed by atoms with van der Waals surface area (Å²) in [6, 6.07) is 9.30. The van der Waals surface area contributed by atoms with E-state index in [0.717, 1.165) is 12.5 Å². The number of hydrogen-bond acceptors (Lipinski definition) is 3. The molecule has 17 heavy (non-hydrogen) atoms. The highest BCUT2D eigenvalue weighted by Crippen LogP contribution is 2.41. The first-order valence-corrected chi connectivity index (χ1v) is 7.21. The van der Waals surface area contributed by atoms with Crippen molar-refractivity contribution in [2.24, 2.45) is 0 Å². The predicted molar refractivity (Wildman–Crippen MR) is 73.9 cm³/mol. The summed E-state index contributed by atoms with van der Waals surface area (Å²) in [6.07, 6.45) is 2.43. The van der Waals surface area contributed by atoms with Crippen LogP contribution in [0.15, 0.2) is 29.2 Å². The molecule has 0 radical (unpaired) electrons. The van der Waals surface area contributed by atoms with Gasteiger partial charge in [0, 0.05) is 23.8 Å². The number of likely N-dealkylation sites (N-methyl/N-ethyl adjacent to an activating group) is 1. The second-order valence-electron chi connectivity index (χ2n) is 4.56. The van der Waals surface area contributed by atoms with E-state index in [1.807, 2.05) is 18.8 Å². The summed E-state index contributed by atoms with van der Waals surface area (Å²) in [5.74, 6) is 1.96. The largest absolute Gasteiger partial charge is 0.383 e. The molecule has 1 heterocycles. The third-order valence-corrected chi connectivity index (χ3v) is 4.69. The summed E-state index contributed by atoms with van der Waals surface area (Å²) >= 11 is 2.00. The van der Waals surface area contributed by atoms with Crippen LogP contribution in [0.1, 0.15) is 24.3 Å². The van der Waals surface area contributed by atoms with Crippen molar-refractivity contribution in [3.8, 4) is 0 Å². The Morgan fingerprint density at radius 1 is 1.47 bits per heavy atom. The van der Waals surface area contributed by atoms with Crippen LogP contribution in [0.25, 0.3) is 0 Å². The van der Waals surface area contributed by atoms with E-state index in [1.165, 1.54) is 23.5 Å². The van der Waals surface area contributed by atoms with E-state index in [4.69, 9.17) is 4.74 Å². The Balaban J connectivity index is 1.89. The lowest BCUT2D eigenvalue weighted by Crippen LogP contribution is -2.30. The molecule has 2 atom stereocenters. The van der Waals surface area contributed by atoms with Gasteiger partial charge in [0.2, 0.25) is 0 Å². The van der Waals surface area contributed by atoms with Gasteiger partial charge in [0.1, 0.15) is 0 Å². The molecule has 0 aromatic heterocycles. The summed E-state index contributed by atoms with van der Waals surface area (Å²) in [5.41, 5.74) is 1.55. The SMILES string of the molecule is CNC(CCC1CSc2ccccc21)COC. The van der Waals surface area contributed by atoms with Gasteiger partial charge >= 0.3 is 0 Å². The fourth-order valence-corrected chi connectivity index (χ4v) is 3.69. The first-order valence-electron chi connectivity index (χ1n) is 6.23. The number of methoxy groups -OCH3 is 1. The molecule has 3 heteroatoms. The summed E-state index contributed by atoms with van der Waals surface area (Å²) in [4.78, 5) is 1.48. The lowest BCUT2D eigenvalue weighted by atomic mass is 9.94. The standard InChI is InChI=1S/C14H21NOS/c1-15-12(9-16-2)8-7-11-10-17-14-6-4-3-5-13(11)14/h3-6,11-12,15H,7-10H2,1-2H3. The van der Waals surface area contributed by atoms with Crippen molar-refractivity contribution in [3.63, 3.8) is 0 Å².